The number of Topliss-reactive ketones (excluding diaryl/α,β-unsaturated/α-hetero) is 1. The molecule has 0 saturated heterocycles. The Kier molecular flexibility index (Phi) is 13.6. The predicted octanol–water partition coefficient (Wildman–Crippen LogP) is 10.6. The summed E-state index contributed by atoms with van der Waals surface area (Å²) in [6.45, 7) is 28.6. The van der Waals surface area contributed by atoms with E-state index in [2.05, 4.69) is 84.5 Å². The van der Waals surface area contributed by atoms with Crippen LogP contribution in [0.4, 0.5) is 0 Å². The Morgan fingerprint density at radius 1 is 0.869 bits per heavy atom. The molecular formula is C52H81ClN2O6. The molecule has 0 aliphatic heterocycles. The topological polar surface area (TPSA) is 96.4 Å². The number of likely N-dealkylation sites (N-methyl/N-ethyl adjacent to an activating group) is 1. The summed E-state index contributed by atoms with van der Waals surface area (Å²) in [7, 11) is 4.15. The number of nitrogens with zero attached hydrogens (tertiary/aromatic N) is 2. The summed E-state index contributed by atoms with van der Waals surface area (Å²) in [5, 5.41) is 13.0. The minimum Gasteiger partial charge on any atom is -0.462 e. The van der Waals surface area contributed by atoms with Gasteiger partial charge in [0.05, 0.1) is 23.9 Å². The molecule has 61 heavy (non-hydrogen) atoms. The molecule has 5 aliphatic rings. The van der Waals surface area contributed by atoms with Crippen molar-refractivity contribution in [1.82, 2.24) is 9.80 Å². The number of rotatable bonds is 13. The zero-order chi connectivity index (χ0) is 45.2. The summed E-state index contributed by atoms with van der Waals surface area (Å²) in [6, 6.07) is 7.96. The van der Waals surface area contributed by atoms with Crippen LogP contribution in [0.2, 0.25) is 5.02 Å². The lowest BCUT2D eigenvalue weighted by atomic mass is 9.33. The number of halogens is 1. The van der Waals surface area contributed by atoms with Gasteiger partial charge < -0.3 is 19.5 Å². The number of carbonyl (C=O) groups excluding carboxylic acids is 3. The quantitative estimate of drug-likeness (QED) is 0.196. The van der Waals surface area contributed by atoms with Crippen LogP contribution in [-0.4, -0.2) is 84.2 Å². The van der Waals surface area contributed by atoms with Crippen molar-refractivity contribution in [2.24, 2.45) is 62.6 Å². The molecule has 1 unspecified atom stereocenters. The van der Waals surface area contributed by atoms with E-state index in [0.717, 1.165) is 75.6 Å². The highest BCUT2D eigenvalue weighted by Gasteiger charge is 2.69. The molecule has 0 aromatic heterocycles. The summed E-state index contributed by atoms with van der Waals surface area (Å²) < 4.78 is 12.0. The lowest BCUT2D eigenvalue weighted by Crippen LogP contribution is -2.65. The van der Waals surface area contributed by atoms with Crippen molar-refractivity contribution < 1.29 is 29.0 Å². The van der Waals surface area contributed by atoms with E-state index in [4.69, 9.17) is 21.1 Å². The van der Waals surface area contributed by atoms with E-state index in [0.29, 0.717) is 35.9 Å². The molecule has 4 saturated carbocycles. The van der Waals surface area contributed by atoms with E-state index in [1.807, 2.05) is 32.9 Å². The summed E-state index contributed by atoms with van der Waals surface area (Å²) in [4.78, 5) is 45.9. The standard InChI is InChI=1S/C52H81ClN2O6/c1-32(2)42-43-35(44(45(42)58)37(56)31-55(28-27-54(13)14)30-33-15-17-34(53)18-16-33)21-25-51(11)36(43)19-20-39-50(10)24-23-40(49(8,9)38(50)22-26-52(39,51)12)60-41(57)29-48(6,7)46(59)61-47(3,4)5/h15-18,32,35-40,44,56H,19-31H2,1-14H3/t35?,36-,37+,38+,39-,40+,44-,50+,51-,52-/m1/s1. The second-order valence-corrected chi connectivity index (χ2v) is 24.2. The van der Waals surface area contributed by atoms with Crippen LogP contribution in [0, 0.1) is 62.6 Å². The molecular weight excluding hydrogens is 784 g/mol. The molecule has 1 N–H and O–H groups in total. The SMILES string of the molecule is CC(C)C1=C2C(CC[C@]3(C)[C@@H]2CC[C@@H]2[C@@]4(C)CC[C@H](OC(=O)CC(C)(C)C(=O)OC(C)(C)C)C(C)(C)[C@@H]4CC[C@]23C)[C@H]([C@@H](O)CN(CCN(C)C)Cc2ccc(Cl)cc2)C1=O. The van der Waals surface area contributed by atoms with Gasteiger partial charge in [-0.1, -0.05) is 77.8 Å². The molecule has 6 rings (SSSR count). The second kappa shape index (κ2) is 17.3. The number of hydrogen-bond acceptors (Lipinski definition) is 8. The fourth-order valence-electron chi connectivity index (χ4n) is 14.1. The maximum absolute atomic E-state index is 14.8. The van der Waals surface area contributed by atoms with E-state index >= 15 is 0 Å². The monoisotopic (exact) mass is 865 g/mol. The van der Waals surface area contributed by atoms with Crippen LogP contribution in [0.1, 0.15) is 146 Å². The number of ketones is 1. The predicted molar refractivity (Wildman–Crippen MR) is 245 cm³/mol. The van der Waals surface area contributed by atoms with Gasteiger partial charge in [-0.3, -0.25) is 19.3 Å². The Bertz CT molecular complexity index is 1830. The first kappa shape index (κ1) is 48.2. The molecule has 5 aliphatic carbocycles. The molecule has 1 aromatic rings. The van der Waals surface area contributed by atoms with E-state index in [-0.39, 0.29) is 63.7 Å². The fraction of sp³-hybridized carbons (Fsp3) is 0.788. The van der Waals surface area contributed by atoms with Crippen molar-refractivity contribution in [3.05, 3.63) is 46.0 Å². The third-order valence-electron chi connectivity index (χ3n) is 17.3. The zero-order valence-corrected chi connectivity index (χ0v) is 41.1. The van der Waals surface area contributed by atoms with E-state index in [1.165, 1.54) is 5.57 Å². The molecule has 10 atom stereocenters. The largest absolute Gasteiger partial charge is 0.462 e. The number of fused-ring (bicyclic) bond motifs is 7. The minimum atomic E-state index is -0.978. The van der Waals surface area contributed by atoms with Gasteiger partial charge in [0, 0.05) is 36.6 Å². The average Bonchev–Trinajstić information content (AvgIpc) is 3.44. The van der Waals surface area contributed by atoms with Gasteiger partial charge in [0.1, 0.15) is 11.7 Å². The Morgan fingerprint density at radius 3 is 2.11 bits per heavy atom. The summed E-state index contributed by atoms with van der Waals surface area (Å²) >= 11 is 6.22. The van der Waals surface area contributed by atoms with Gasteiger partial charge in [0.25, 0.3) is 0 Å². The van der Waals surface area contributed by atoms with Crippen molar-refractivity contribution in [3.8, 4) is 0 Å². The lowest BCUT2D eigenvalue weighted by Gasteiger charge is -2.71. The number of esters is 2. The number of ether oxygens (including phenoxy) is 2. The van der Waals surface area contributed by atoms with Gasteiger partial charge in [-0.15, -0.1) is 0 Å². The summed E-state index contributed by atoms with van der Waals surface area (Å²) in [5.74, 6) is 0.498. The third kappa shape index (κ3) is 9.06. The second-order valence-electron chi connectivity index (χ2n) is 23.8. The molecule has 0 radical (unpaired) electrons. The van der Waals surface area contributed by atoms with Gasteiger partial charge in [-0.2, -0.15) is 0 Å². The van der Waals surface area contributed by atoms with Crippen LogP contribution in [0.15, 0.2) is 35.4 Å². The number of carbonyl (C=O) groups is 3. The first-order valence-corrected chi connectivity index (χ1v) is 24.0. The van der Waals surface area contributed by atoms with Gasteiger partial charge in [0.2, 0.25) is 0 Å². The van der Waals surface area contributed by atoms with Crippen molar-refractivity contribution in [2.45, 2.75) is 165 Å². The maximum Gasteiger partial charge on any atom is 0.312 e. The number of aliphatic hydroxyl groups is 1. The van der Waals surface area contributed by atoms with Crippen LogP contribution >= 0.6 is 11.6 Å². The molecule has 8 nitrogen and oxygen atoms in total. The van der Waals surface area contributed by atoms with E-state index < -0.39 is 23.0 Å². The summed E-state index contributed by atoms with van der Waals surface area (Å²) in [6.07, 6.45) is 7.23. The van der Waals surface area contributed by atoms with E-state index in [9.17, 15) is 19.5 Å². The van der Waals surface area contributed by atoms with Crippen molar-refractivity contribution in [3.63, 3.8) is 0 Å². The van der Waals surface area contributed by atoms with Gasteiger partial charge in [-0.05, 0) is 169 Å². The Balaban J connectivity index is 1.20. The number of aliphatic hydroxyl groups excluding tert-OH is 1. The molecule has 0 amide bonds. The Labute approximate surface area is 374 Å². The van der Waals surface area contributed by atoms with Gasteiger partial charge >= 0.3 is 11.9 Å². The van der Waals surface area contributed by atoms with Crippen LogP contribution in [0.3, 0.4) is 0 Å². The number of benzene rings is 1. The fourth-order valence-corrected chi connectivity index (χ4v) is 14.3. The Hall–Kier alpha value is -2.26. The summed E-state index contributed by atoms with van der Waals surface area (Å²) in [5.41, 5.74) is 1.93. The molecule has 0 heterocycles. The molecule has 0 spiro atoms. The van der Waals surface area contributed by atoms with E-state index in [1.54, 1.807) is 13.8 Å². The lowest BCUT2D eigenvalue weighted by molar-refractivity contribution is -0.232. The first-order valence-electron chi connectivity index (χ1n) is 23.7. The highest BCUT2D eigenvalue weighted by atomic mass is 35.5. The van der Waals surface area contributed by atoms with Crippen LogP contribution in [-0.2, 0) is 30.4 Å². The van der Waals surface area contributed by atoms with Crippen LogP contribution in [0.5, 0.6) is 0 Å². The molecule has 342 valence electrons. The average molecular weight is 866 g/mol. The first-order chi connectivity index (χ1) is 28.2. The highest BCUT2D eigenvalue weighted by Crippen LogP contribution is 2.76. The van der Waals surface area contributed by atoms with Gasteiger partial charge in [-0.25, -0.2) is 0 Å². The third-order valence-corrected chi connectivity index (χ3v) is 17.6. The minimum absolute atomic E-state index is 0.00934. The molecule has 0 bridgehead atoms. The molecule has 4 fully saturated rings. The van der Waals surface area contributed by atoms with Crippen molar-refractivity contribution in [2.75, 3.05) is 33.7 Å². The maximum atomic E-state index is 14.8. The zero-order valence-electron chi connectivity index (χ0n) is 40.4. The highest BCUT2D eigenvalue weighted by molar-refractivity contribution is 6.30. The van der Waals surface area contributed by atoms with Crippen LogP contribution < -0.4 is 0 Å². The number of hydrogen-bond donors (Lipinski definition) is 1. The van der Waals surface area contributed by atoms with Gasteiger partial charge in [0.15, 0.2) is 5.78 Å². The van der Waals surface area contributed by atoms with Crippen molar-refractivity contribution >= 4 is 29.3 Å². The number of allylic oxidation sites excluding steroid dienone is 2. The molecule has 9 heteroatoms. The molecule has 1 aromatic carbocycles. The van der Waals surface area contributed by atoms with Crippen LogP contribution in [0.25, 0.3) is 0 Å². The Morgan fingerprint density at radius 2 is 1.51 bits per heavy atom. The van der Waals surface area contributed by atoms with Crippen molar-refractivity contribution in [1.29, 1.82) is 0 Å². The smallest absolute Gasteiger partial charge is 0.312 e. The normalized spacial score (nSPS) is 34.2.